The van der Waals surface area contributed by atoms with E-state index in [-0.39, 0.29) is 0 Å². The van der Waals surface area contributed by atoms with Crippen LogP contribution in [0.2, 0.25) is 0 Å². The predicted molar refractivity (Wildman–Crippen MR) is 133 cm³/mol. The van der Waals surface area contributed by atoms with Gasteiger partial charge >= 0.3 is 0 Å². The van der Waals surface area contributed by atoms with Crippen molar-refractivity contribution in [3.8, 4) is 11.1 Å². The van der Waals surface area contributed by atoms with Gasteiger partial charge in [0.2, 0.25) is 0 Å². The largest absolute Gasteiger partial charge is 0.0622 e. The molecule has 0 spiro atoms. The molecule has 5 aromatic rings. The van der Waals surface area contributed by atoms with Crippen molar-refractivity contribution in [1.82, 2.24) is 0 Å². The van der Waals surface area contributed by atoms with E-state index in [1.165, 1.54) is 44.9 Å². The maximum absolute atomic E-state index is 2.29. The van der Waals surface area contributed by atoms with Gasteiger partial charge in [-0.1, -0.05) is 140 Å². The summed E-state index contributed by atoms with van der Waals surface area (Å²) < 4.78 is 0. The van der Waals surface area contributed by atoms with Crippen LogP contribution >= 0.6 is 0 Å². The third-order valence-electron chi connectivity index (χ3n) is 6.68. The Kier molecular flexibility index (Phi) is 4.51. The summed E-state index contributed by atoms with van der Waals surface area (Å²) in [7, 11) is 0. The molecule has 0 fully saturated rings. The summed E-state index contributed by atoms with van der Waals surface area (Å²) in [5, 5.41) is 0. The van der Waals surface area contributed by atoms with E-state index in [2.05, 4.69) is 140 Å². The molecular formula is C32H23. The fourth-order valence-electron chi connectivity index (χ4n) is 5.42. The molecule has 0 heteroatoms. The molecule has 0 saturated heterocycles. The van der Waals surface area contributed by atoms with Gasteiger partial charge in [-0.2, -0.15) is 0 Å². The third kappa shape index (κ3) is 2.70. The lowest BCUT2D eigenvalue weighted by molar-refractivity contribution is 0.677. The number of rotatable bonds is 4. The van der Waals surface area contributed by atoms with Crippen LogP contribution in [0, 0.1) is 5.92 Å². The molecule has 6 rings (SSSR count). The van der Waals surface area contributed by atoms with Gasteiger partial charge in [-0.15, -0.1) is 0 Å². The topological polar surface area (TPSA) is 0 Å². The van der Waals surface area contributed by atoms with E-state index in [0.29, 0.717) is 0 Å². The molecule has 5 aromatic carbocycles. The van der Waals surface area contributed by atoms with Gasteiger partial charge in [-0.3, -0.25) is 0 Å². The summed E-state index contributed by atoms with van der Waals surface area (Å²) in [6.07, 6.45) is 0. The van der Waals surface area contributed by atoms with Crippen molar-refractivity contribution in [2.24, 2.45) is 0 Å². The van der Waals surface area contributed by atoms with Crippen molar-refractivity contribution in [3.05, 3.63) is 173 Å². The Morgan fingerprint density at radius 1 is 0.281 bits per heavy atom. The molecule has 0 bridgehead atoms. The predicted octanol–water partition coefficient (Wildman–Crippen LogP) is 7.67. The molecule has 0 heterocycles. The summed E-state index contributed by atoms with van der Waals surface area (Å²) in [5.74, 6) is 1.35. The normalized spacial score (nSPS) is 12.9. The summed E-state index contributed by atoms with van der Waals surface area (Å²) in [4.78, 5) is 0. The molecule has 1 radical (unpaired) electrons. The minimum Gasteiger partial charge on any atom is -0.0622 e. The first-order chi connectivity index (χ1) is 15.9. The van der Waals surface area contributed by atoms with E-state index in [4.69, 9.17) is 0 Å². The standard InChI is InChI=1S/C32H23/c1-4-14-24(15-5-1)32(25-16-6-2-7-17-25,26-18-8-3-9-19-26)31-29-22-12-10-20-27(29)28-21-11-13-23-30(28)31/h1-23H. The second-order valence-electron chi connectivity index (χ2n) is 8.31. The quantitative estimate of drug-likeness (QED) is 0.268. The van der Waals surface area contributed by atoms with E-state index >= 15 is 0 Å². The lowest BCUT2D eigenvalue weighted by Gasteiger charge is -2.41. The Hall–Kier alpha value is -3.90. The van der Waals surface area contributed by atoms with Crippen molar-refractivity contribution in [3.63, 3.8) is 0 Å². The highest BCUT2D eigenvalue weighted by molar-refractivity contribution is 5.88. The molecule has 0 atom stereocenters. The van der Waals surface area contributed by atoms with E-state index < -0.39 is 5.41 Å². The van der Waals surface area contributed by atoms with Crippen molar-refractivity contribution in [2.45, 2.75) is 5.41 Å². The van der Waals surface area contributed by atoms with Crippen molar-refractivity contribution in [2.75, 3.05) is 0 Å². The van der Waals surface area contributed by atoms with Gasteiger partial charge in [0, 0.05) is 0 Å². The van der Waals surface area contributed by atoms with Crippen LogP contribution in [-0.4, -0.2) is 0 Å². The van der Waals surface area contributed by atoms with Crippen molar-refractivity contribution >= 4 is 0 Å². The van der Waals surface area contributed by atoms with Crippen molar-refractivity contribution < 1.29 is 0 Å². The summed E-state index contributed by atoms with van der Waals surface area (Å²) in [6.45, 7) is 0. The highest BCUT2D eigenvalue weighted by Gasteiger charge is 2.49. The van der Waals surface area contributed by atoms with Crippen LogP contribution in [0.5, 0.6) is 0 Å². The maximum atomic E-state index is 2.29. The minimum absolute atomic E-state index is 0.438. The van der Waals surface area contributed by atoms with E-state index in [1.54, 1.807) is 0 Å². The molecule has 0 N–H and O–H groups in total. The average molecular weight is 408 g/mol. The molecule has 0 amide bonds. The van der Waals surface area contributed by atoms with E-state index in [0.717, 1.165) is 0 Å². The molecule has 0 nitrogen and oxygen atoms in total. The molecule has 0 saturated carbocycles. The molecule has 1 aliphatic rings. The minimum atomic E-state index is -0.438. The van der Waals surface area contributed by atoms with Gasteiger partial charge in [0.15, 0.2) is 0 Å². The molecule has 1 aliphatic carbocycles. The fraction of sp³-hybridized carbons (Fsp3) is 0.0312. The molecule has 0 unspecified atom stereocenters. The van der Waals surface area contributed by atoms with Crippen LogP contribution in [0.15, 0.2) is 140 Å². The molecule has 0 aromatic heterocycles. The number of hydrogen-bond acceptors (Lipinski definition) is 0. The van der Waals surface area contributed by atoms with Gasteiger partial charge in [0.05, 0.1) is 11.3 Å². The molecular weight excluding hydrogens is 384 g/mol. The van der Waals surface area contributed by atoms with Gasteiger partial charge in [0.1, 0.15) is 0 Å². The molecule has 0 aliphatic heterocycles. The van der Waals surface area contributed by atoms with Crippen LogP contribution in [0.25, 0.3) is 11.1 Å². The zero-order valence-corrected chi connectivity index (χ0v) is 17.8. The van der Waals surface area contributed by atoms with Crippen molar-refractivity contribution in [1.29, 1.82) is 0 Å². The Morgan fingerprint density at radius 3 is 0.906 bits per heavy atom. The van der Waals surface area contributed by atoms with Crippen LogP contribution in [0.3, 0.4) is 0 Å². The third-order valence-corrected chi connectivity index (χ3v) is 6.68. The second kappa shape index (κ2) is 7.66. The van der Waals surface area contributed by atoms with Crippen LogP contribution in [0.1, 0.15) is 27.8 Å². The Balaban J connectivity index is 1.79. The number of fused-ring (bicyclic) bond motifs is 3. The number of hydrogen-bond donors (Lipinski definition) is 0. The second-order valence-corrected chi connectivity index (χ2v) is 8.31. The maximum Gasteiger partial charge on any atom is 0.0601 e. The van der Waals surface area contributed by atoms with E-state index in [9.17, 15) is 0 Å². The van der Waals surface area contributed by atoms with Crippen LogP contribution in [0.4, 0.5) is 0 Å². The van der Waals surface area contributed by atoms with Gasteiger partial charge in [-0.05, 0) is 38.9 Å². The van der Waals surface area contributed by atoms with Gasteiger partial charge in [0.25, 0.3) is 0 Å². The zero-order chi connectivity index (χ0) is 21.4. The summed E-state index contributed by atoms with van der Waals surface area (Å²) >= 11 is 0. The lowest BCUT2D eigenvalue weighted by atomic mass is 9.59. The highest BCUT2D eigenvalue weighted by atomic mass is 14.5. The first kappa shape index (κ1) is 18.8. The van der Waals surface area contributed by atoms with Crippen LogP contribution < -0.4 is 0 Å². The van der Waals surface area contributed by atoms with Crippen LogP contribution in [-0.2, 0) is 5.41 Å². The Labute approximate surface area is 189 Å². The average Bonchev–Trinajstić information content (AvgIpc) is 3.22. The van der Waals surface area contributed by atoms with E-state index in [1.807, 2.05) is 0 Å². The SMILES string of the molecule is c1ccc(C([C]2c3ccccc3-c3ccccc32)(c2ccccc2)c2ccccc2)cc1. The smallest absolute Gasteiger partial charge is 0.0601 e. The summed E-state index contributed by atoms with van der Waals surface area (Å²) in [5.41, 5.74) is 8.63. The highest BCUT2D eigenvalue weighted by Crippen LogP contribution is 2.58. The monoisotopic (exact) mass is 407 g/mol. The van der Waals surface area contributed by atoms with Gasteiger partial charge < -0.3 is 0 Å². The molecule has 151 valence electrons. The zero-order valence-electron chi connectivity index (χ0n) is 17.8. The first-order valence-electron chi connectivity index (χ1n) is 11.1. The molecule has 32 heavy (non-hydrogen) atoms. The fourth-order valence-corrected chi connectivity index (χ4v) is 5.42. The number of benzene rings is 5. The summed E-state index contributed by atoms with van der Waals surface area (Å²) in [6, 6.07) is 50.6. The Bertz CT molecular complexity index is 1210. The lowest BCUT2D eigenvalue weighted by Crippen LogP contribution is -2.37. The first-order valence-corrected chi connectivity index (χ1v) is 11.1. The van der Waals surface area contributed by atoms with Gasteiger partial charge in [-0.25, -0.2) is 0 Å². The Morgan fingerprint density at radius 2 is 0.562 bits per heavy atom.